The highest BCUT2D eigenvalue weighted by molar-refractivity contribution is 5.89. The fourth-order valence-electron chi connectivity index (χ4n) is 4.39. The molecule has 0 spiro atoms. The van der Waals surface area contributed by atoms with Gasteiger partial charge in [0.15, 0.2) is 0 Å². The van der Waals surface area contributed by atoms with Gasteiger partial charge in [0.25, 0.3) is 0 Å². The van der Waals surface area contributed by atoms with Crippen LogP contribution in [0.2, 0.25) is 0 Å². The molecular formula is C23H25FN2O2. The molecule has 1 heterocycles. The van der Waals surface area contributed by atoms with Crippen molar-refractivity contribution in [3.8, 4) is 5.75 Å². The molecule has 1 fully saturated rings. The molecule has 4 nitrogen and oxygen atoms in total. The summed E-state index contributed by atoms with van der Waals surface area (Å²) in [6.07, 6.45) is 6.42. The summed E-state index contributed by atoms with van der Waals surface area (Å²) in [5.41, 5.74) is 2.42. The second kappa shape index (κ2) is 7.66. The number of hydrogen-bond acceptors (Lipinski definition) is 2. The van der Waals surface area contributed by atoms with Crippen molar-refractivity contribution < 1.29 is 13.9 Å². The smallest absolute Gasteiger partial charge is 0.230 e. The number of aromatic amines is 1. The minimum Gasteiger partial charge on any atom is -0.497 e. The molecule has 0 atom stereocenters. The Balaban J connectivity index is 1.48. The highest BCUT2D eigenvalue weighted by Crippen LogP contribution is 2.42. The first-order chi connectivity index (χ1) is 13.6. The summed E-state index contributed by atoms with van der Waals surface area (Å²) in [4.78, 5) is 16.3. The molecule has 5 heteroatoms. The lowest BCUT2D eigenvalue weighted by atomic mass is 9.78. The van der Waals surface area contributed by atoms with Gasteiger partial charge in [-0.15, -0.1) is 0 Å². The van der Waals surface area contributed by atoms with E-state index in [-0.39, 0.29) is 11.7 Å². The molecule has 28 heavy (non-hydrogen) atoms. The van der Waals surface area contributed by atoms with Crippen LogP contribution in [0.25, 0.3) is 10.9 Å². The number of benzene rings is 2. The van der Waals surface area contributed by atoms with Crippen LogP contribution in [0.1, 0.15) is 36.8 Å². The van der Waals surface area contributed by atoms with Gasteiger partial charge in [-0.1, -0.05) is 25.0 Å². The Morgan fingerprint density at radius 3 is 2.82 bits per heavy atom. The lowest BCUT2D eigenvalue weighted by Crippen LogP contribution is -2.43. The van der Waals surface area contributed by atoms with E-state index in [0.29, 0.717) is 13.0 Å². The van der Waals surface area contributed by atoms with E-state index < -0.39 is 5.41 Å². The maximum atomic E-state index is 13.3. The fourth-order valence-corrected chi connectivity index (χ4v) is 4.39. The number of hydrogen-bond donors (Lipinski definition) is 2. The number of nitrogens with one attached hydrogen (secondary N) is 2. The Labute approximate surface area is 164 Å². The van der Waals surface area contributed by atoms with Crippen LogP contribution in [-0.4, -0.2) is 24.5 Å². The quantitative estimate of drug-likeness (QED) is 0.662. The van der Waals surface area contributed by atoms with Crippen LogP contribution in [0.3, 0.4) is 0 Å². The monoisotopic (exact) mass is 380 g/mol. The Bertz CT molecular complexity index is 989. The molecule has 1 aliphatic rings. The first kappa shape index (κ1) is 18.5. The van der Waals surface area contributed by atoms with Crippen molar-refractivity contribution in [2.24, 2.45) is 0 Å². The van der Waals surface area contributed by atoms with Crippen LogP contribution in [0.15, 0.2) is 48.7 Å². The number of H-pyrrole nitrogens is 1. The molecule has 146 valence electrons. The van der Waals surface area contributed by atoms with Crippen LogP contribution in [0.4, 0.5) is 4.39 Å². The van der Waals surface area contributed by atoms with Crippen LogP contribution in [-0.2, 0) is 16.6 Å². The largest absolute Gasteiger partial charge is 0.497 e. The van der Waals surface area contributed by atoms with E-state index in [9.17, 15) is 9.18 Å². The summed E-state index contributed by atoms with van der Waals surface area (Å²) in [7, 11) is 1.65. The van der Waals surface area contributed by atoms with E-state index in [2.05, 4.69) is 10.3 Å². The molecule has 2 aromatic carbocycles. The molecule has 0 saturated heterocycles. The van der Waals surface area contributed by atoms with E-state index in [0.717, 1.165) is 53.5 Å². The van der Waals surface area contributed by atoms with Crippen LogP contribution < -0.4 is 10.1 Å². The van der Waals surface area contributed by atoms with Crippen molar-refractivity contribution in [1.82, 2.24) is 10.3 Å². The van der Waals surface area contributed by atoms with E-state index in [1.54, 1.807) is 13.2 Å². The predicted octanol–water partition coefficient (Wildman–Crippen LogP) is 4.49. The number of amides is 1. The van der Waals surface area contributed by atoms with Crippen molar-refractivity contribution in [2.75, 3.05) is 13.7 Å². The van der Waals surface area contributed by atoms with Gasteiger partial charge in [-0.2, -0.15) is 0 Å². The maximum Gasteiger partial charge on any atom is 0.230 e. The Morgan fingerprint density at radius 2 is 2.04 bits per heavy atom. The molecule has 0 unspecified atom stereocenters. The molecule has 1 saturated carbocycles. The number of aromatic nitrogens is 1. The predicted molar refractivity (Wildman–Crippen MR) is 108 cm³/mol. The van der Waals surface area contributed by atoms with Gasteiger partial charge >= 0.3 is 0 Å². The maximum absolute atomic E-state index is 13.3. The zero-order chi connectivity index (χ0) is 19.6. The second-order valence-electron chi connectivity index (χ2n) is 7.53. The molecule has 1 aromatic heterocycles. The molecule has 1 amide bonds. The minimum absolute atomic E-state index is 0.0872. The van der Waals surface area contributed by atoms with E-state index in [1.807, 2.05) is 30.5 Å². The lowest BCUT2D eigenvalue weighted by molar-refractivity contribution is -0.126. The fraction of sp³-hybridized carbons (Fsp3) is 0.348. The molecule has 0 aliphatic heterocycles. The number of carbonyl (C=O) groups is 1. The average molecular weight is 380 g/mol. The van der Waals surface area contributed by atoms with Gasteiger partial charge in [-0.05, 0) is 60.7 Å². The molecule has 0 bridgehead atoms. The standard InChI is InChI=1S/C23H25FN2O2/c1-28-19-6-4-5-17(13-19)23(10-2-3-11-23)22(27)25-12-9-16-15-26-21-14-18(24)7-8-20(16)21/h4-8,13-15,26H,2-3,9-12H2,1H3,(H,25,27). The number of fused-ring (bicyclic) bond motifs is 1. The third-order valence-electron chi connectivity index (χ3n) is 5.92. The Kier molecular flexibility index (Phi) is 5.07. The number of carbonyl (C=O) groups excluding carboxylic acids is 1. The molecule has 2 N–H and O–H groups in total. The first-order valence-electron chi connectivity index (χ1n) is 9.81. The summed E-state index contributed by atoms with van der Waals surface area (Å²) < 4.78 is 18.7. The minimum atomic E-state index is -0.474. The highest BCUT2D eigenvalue weighted by Gasteiger charge is 2.42. The molecular weight excluding hydrogens is 355 g/mol. The summed E-state index contributed by atoms with van der Waals surface area (Å²) >= 11 is 0. The molecule has 4 rings (SSSR count). The van der Waals surface area contributed by atoms with E-state index >= 15 is 0 Å². The van der Waals surface area contributed by atoms with Crippen LogP contribution >= 0.6 is 0 Å². The van der Waals surface area contributed by atoms with Gasteiger partial charge < -0.3 is 15.0 Å². The van der Waals surface area contributed by atoms with Gasteiger partial charge in [-0.3, -0.25) is 4.79 Å². The number of methoxy groups -OCH3 is 1. The molecule has 3 aromatic rings. The summed E-state index contributed by atoms with van der Waals surface area (Å²) in [5, 5.41) is 4.15. The first-order valence-corrected chi connectivity index (χ1v) is 9.81. The zero-order valence-electron chi connectivity index (χ0n) is 16.1. The van der Waals surface area contributed by atoms with Gasteiger partial charge in [0.1, 0.15) is 11.6 Å². The molecule has 0 radical (unpaired) electrons. The number of rotatable bonds is 6. The van der Waals surface area contributed by atoms with Gasteiger partial charge in [0, 0.05) is 23.6 Å². The third-order valence-corrected chi connectivity index (χ3v) is 5.92. The van der Waals surface area contributed by atoms with Crippen molar-refractivity contribution in [1.29, 1.82) is 0 Å². The summed E-state index contributed by atoms with van der Waals surface area (Å²) in [6.45, 7) is 0.550. The van der Waals surface area contributed by atoms with Crippen molar-refractivity contribution in [3.05, 3.63) is 65.6 Å². The molecule has 1 aliphatic carbocycles. The Morgan fingerprint density at radius 1 is 1.21 bits per heavy atom. The lowest BCUT2D eigenvalue weighted by Gasteiger charge is -2.28. The van der Waals surface area contributed by atoms with Gasteiger partial charge in [0.2, 0.25) is 5.91 Å². The van der Waals surface area contributed by atoms with Crippen molar-refractivity contribution >= 4 is 16.8 Å². The normalized spacial score (nSPS) is 15.6. The van der Waals surface area contributed by atoms with Crippen LogP contribution in [0.5, 0.6) is 5.75 Å². The SMILES string of the molecule is COc1cccc(C2(C(=O)NCCc3c[nH]c4cc(F)ccc34)CCCC2)c1. The van der Waals surface area contributed by atoms with Gasteiger partial charge in [0.05, 0.1) is 12.5 Å². The van der Waals surface area contributed by atoms with E-state index in [1.165, 1.54) is 12.1 Å². The number of ether oxygens (including phenoxy) is 1. The topological polar surface area (TPSA) is 54.1 Å². The average Bonchev–Trinajstić information content (AvgIpc) is 3.36. The van der Waals surface area contributed by atoms with E-state index in [4.69, 9.17) is 4.74 Å². The van der Waals surface area contributed by atoms with Crippen molar-refractivity contribution in [2.45, 2.75) is 37.5 Å². The Hall–Kier alpha value is -2.82. The highest BCUT2D eigenvalue weighted by atomic mass is 19.1. The van der Waals surface area contributed by atoms with Gasteiger partial charge in [-0.25, -0.2) is 4.39 Å². The third kappa shape index (κ3) is 3.37. The zero-order valence-corrected chi connectivity index (χ0v) is 16.1. The second-order valence-corrected chi connectivity index (χ2v) is 7.53. The van der Waals surface area contributed by atoms with Crippen LogP contribution in [0, 0.1) is 5.82 Å². The summed E-state index contributed by atoms with van der Waals surface area (Å²) in [6, 6.07) is 12.6. The number of halogens is 1. The van der Waals surface area contributed by atoms with Crippen molar-refractivity contribution in [3.63, 3.8) is 0 Å². The summed E-state index contributed by atoms with van der Waals surface area (Å²) in [5.74, 6) is 0.613.